The molecule has 2 aromatic rings. The van der Waals surface area contributed by atoms with Gasteiger partial charge in [0.25, 0.3) is 0 Å². The highest BCUT2D eigenvalue weighted by atomic mass is 35.5. The van der Waals surface area contributed by atoms with Crippen molar-refractivity contribution in [2.24, 2.45) is 0 Å². The van der Waals surface area contributed by atoms with Crippen molar-refractivity contribution in [2.45, 2.75) is 33.3 Å². The summed E-state index contributed by atoms with van der Waals surface area (Å²) in [6, 6.07) is 4.14. The average Bonchev–Trinajstić information content (AvgIpc) is 2.61. The summed E-state index contributed by atoms with van der Waals surface area (Å²) < 4.78 is 48.6. The molecule has 0 atom stereocenters. The zero-order valence-corrected chi connectivity index (χ0v) is 17.5. The van der Waals surface area contributed by atoms with Crippen molar-refractivity contribution in [2.75, 3.05) is 10.2 Å². The number of carbonyl (C=O) groups excluding carboxylic acids is 1. The van der Waals surface area contributed by atoms with E-state index in [1.807, 2.05) is 0 Å². The summed E-state index contributed by atoms with van der Waals surface area (Å²) in [5.41, 5.74) is -0.242. The second-order valence-corrected chi connectivity index (χ2v) is 8.05. The second-order valence-electron chi connectivity index (χ2n) is 7.66. The third-order valence-corrected chi connectivity index (χ3v) is 4.35. The van der Waals surface area contributed by atoms with Crippen LogP contribution in [-0.2, 0) is 4.74 Å². The molecule has 1 aromatic carbocycles. The zero-order valence-electron chi connectivity index (χ0n) is 16.7. The van der Waals surface area contributed by atoms with E-state index in [1.165, 1.54) is 11.0 Å². The maximum atomic E-state index is 14.8. The van der Waals surface area contributed by atoms with Crippen LogP contribution in [-0.4, -0.2) is 16.7 Å². The van der Waals surface area contributed by atoms with Crippen molar-refractivity contribution < 1.29 is 22.7 Å². The highest BCUT2D eigenvalue weighted by Crippen LogP contribution is 2.42. The Morgan fingerprint density at radius 3 is 2.50 bits per heavy atom. The highest BCUT2D eigenvalue weighted by molar-refractivity contribution is 6.29. The fraction of sp³-hybridized carbons (Fsp3) is 0.238. The molecule has 0 unspecified atom stereocenters. The minimum atomic E-state index is -1.75. The Labute approximate surface area is 176 Å². The summed E-state index contributed by atoms with van der Waals surface area (Å²) in [5, 5.41) is 2.24. The lowest BCUT2D eigenvalue weighted by Gasteiger charge is -2.31. The molecule has 0 saturated heterocycles. The van der Waals surface area contributed by atoms with Crippen LogP contribution in [0.1, 0.15) is 33.3 Å². The normalized spacial score (nSPS) is 13.7. The quantitative estimate of drug-likeness (QED) is 0.426. The van der Waals surface area contributed by atoms with Crippen LogP contribution in [0.15, 0.2) is 36.6 Å². The van der Waals surface area contributed by atoms with Crippen LogP contribution in [0.25, 0.3) is 5.57 Å². The molecule has 1 aromatic heterocycles. The summed E-state index contributed by atoms with van der Waals surface area (Å²) in [4.78, 5) is 17.5. The van der Waals surface area contributed by atoms with Gasteiger partial charge in [0.1, 0.15) is 16.6 Å². The van der Waals surface area contributed by atoms with Gasteiger partial charge in [-0.25, -0.2) is 22.9 Å². The summed E-state index contributed by atoms with van der Waals surface area (Å²) in [7, 11) is 0. The maximum absolute atomic E-state index is 14.8. The third kappa shape index (κ3) is 4.14. The number of anilines is 3. The molecule has 0 bridgehead atoms. The molecule has 3 rings (SSSR count). The Balaban J connectivity index is 2.14. The highest BCUT2D eigenvalue weighted by Gasteiger charge is 2.30. The Bertz CT molecular complexity index is 1090. The van der Waals surface area contributed by atoms with Crippen LogP contribution in [0.4, 0.5) is 35.2 Å². The van der Waals surface area contributed by atoms with E-state index < -0.39 is 34.8 Å². The van der Waals surface area contributed by atoms with Gasteiger partial charge in [0.05, 0.1) is 11.4 Å². The lowest BCUT2D eigenvalue weighted by Crippen LogP contribution is -2.28. The van der Waals surface area contributed by atoms with Crippen LogP contribution < -0.4 is 10.2 Å². The van der Waals surface area contributed by atoms with Crippen LogP contribution in [0.5, 0.6) is 0 Å². The van der Waals surface area contributed by atoms with Gasteiger partial charge in [-0.2, -0.15) is 0 Å². The molecule has 158 valence electrons. The minimum absolute atomic E-state index is 0.122. The number of carbonyl (C=O) groups is 1. The summed E-state index contributed by atoms with van der Waals surface area (Å²) in [6.45, 7) is 10.4. The lowest BCUT2D eigenvalue weighted by molar-refractivity contribution is 0.0635. The number of rotatable bonds is 2. The number of fused-ring (bicyclic) bond motifs is 1. The van der Waals surface area contributed by atoms with E-state index in [4.69, 9.17) is 16.3 Å². The minimum Gasteiger partial charge on any atom is -0.444 e. The Kier molecular flexibility index (Phi) is 5.56. The SMILES string of the molecule is C=C1C=C(C)N(c2cc(NC(=O)OC(C)(C)C)c(F)c(F)c2F)c2nc(Cl)ccc21. The van der Waals surface area contributed by atoms with E-state index in [-0.39, 0.29) is 16.7 Å². The van der Waals surface area contributed by atoms with Gasteiger partial charge in [-0.1, -0.05) is 18.2 Å². The molecule has 1 amide bonds. The Hall–Kier alpha value is -3.00. The maximum Gasteiger partial charge on any atom is 0.412 e. The number of pyridine rings is 1. The number of nitrogens with zero attached hydrogens (tertiary/aromatic N) is 2. The number of nitrogens with one attached hydrogen (secondary N) is 1. The van der Waals surface area contributed by atoms with Crippen molar-refractivity contribution in [3.05, 3.63) is 64.7 Å². The molecular formula is C21H19ClF3N3O2. The predicted molar refractivity (Wildman–Crippen MR) is 110 cm³/mol. The molecule has 0 saturated carbocycles. The first-order valence-electron chi connectivity index (χ1n) is 8.91. The number of ether oxygens (including phenoxy) is 1. The van der Waals surface area contributed by atoms with E-state index in [9.17, 15) is 18.0 Å². The molecule has 5 nitrogen and oxygen atoms in total. The average molecular weight is 438 g/mol. The van der Waals surface area contributed by atoms with E-state index in [2.05, 4.69) is 16.9 Å². The van der Waals surface area contributed by atoms with E-state index in [1.54, 1.807) is 39.8 Å². The van der Waals surface area contributed by atoms with Gasteiger partial charge in [-0.3, -0.25) is 10.2 Å². The fourth-order valence-electron chi connectivity index (χ4n) is 2.97. The third-order valence-electron chi connectivity index (χ3n) is 4.14. The molecule has 9 heteroatoms. The molecule has 1 aliphatic heterocycles. The molecule has 2 heterocycles. The number of amides is 1. The van der Waals surface area contributed by atoms with Crippen LogP contribution >= 0.6 is 11.6 Å². The summed E-state index contributed by atoms with van der Waals surface area (Å²) >= 11 is 5.99. The molecule has 1 N–H and O–H groups in total. The van der Waals surface area contributed by atoms with E-state index in [0.717, 1.165) is 6.07 Å². The van der Waals surface area contributed by atoms with Crippen LogP contribution in [0.2, 0.25) is 5.15 Å². The van der Waals surface area contributed by atoms with Crippen molar-refractivity contribution in [1.29, 1.82) is 0 Å². The van der Waals surface area contributed by atoms with Crippen molar-refractivity contribution in [3.63, 3.8) is 0 Å². The first-order chi connectivity index (χ1) is 13.9. The number of hydrogen-bond donors (Lipinski definition) is 1. The molecule has 0 spiro atoms. The number of allylic oxidation sites excluding steroid dienone is 3. The zero-order chi connectivity index (χ0) is 22.4. The predicted octanol–water partition coefficient (Wildman–Crippen LogP) is 6.57. The molecular weight excluding hydrogens is 419 g/mol. The first-order valence-corrected chi connectivity index (χ1v) is 9.28. The van der Waals surface area contributed by atoms with Crippen molar-refractivity contribution in [1.82, 2.24) is 4.98 Å². The topological polar surface area (TPSA) is 54.5 Å². The molecule has 1 aliphatic rings. The molecule has 0 fully saturated rings. The van der Waals surface area contributed by atoms with Crippen LogP contribution in [0, 0.1) is 17.5 Å². The number of hydrogen-bond acceptors (Lipinski definition) is 4. The smallest absolute Gasteiger partial charge is 0.412 e. The Morgan fingerprint density at radius 2 is 1.87 bits per heavy atom. The fourth-order valence-corrected chi connectivity index (χ4v) is 3.11. The van der Waals surface area contributed by atoms with Crippen molar-refractivity contribution in [3.8, 4) is 0 Å². The lowest BCUT2D eigenvalue weighted by atomic mass is 10.0. The first kappa shape index (κ1) is 21.7. The summed E-state index contributed by atoms with van der Waals surface area (Å²) in [6.07, 6.45) is 0.624. The van der Waals surface area contributed by atoms with Gasteiger partial charge in [0, 0.05) is 11.3 Å². The number of benzene rings is 1. The molecule has 0 radical (unpaired) electrons. The molecule has 0 aliphatic carbocycles. The van der Waals surface area contributed by atoms with Gasteiger partial charge in [0.2, 0.25) is 0 Å². The van der Waals surface area contributed by atoms with Crippen molar-refractivity contribution >= 4 is 40.5 Å². The van der Waals surface area contributed by atoms with E-state index >= 15 is 0 Å². The summed E-state index contributed by atoms with van der Waals surface area (Å²) in [5.74, 6) is -4.56. The van der Waals surface area contributed by atoms with Gasteiger partial charge in [-0.15, -0.1) is 0 Å². The van der Waals surface area contributed by atoms with Gasteiger partial charge < -0.3 is 4.74 Å². The van der Waals surface area contributed by atoms with Crippen LogP contribution in [0.3, 0.4) is 0 Å². The largest absolute Gasteiger partial charge is 0.444 e. The number of aromatic nitrogens is 1. The van der Waals surface area contributed by atoms with Gasteiger partial charge in [-0.05, 0) is 57.5 Å². The Morgan fingerprint density at radius 1 is 1.20 bits per heavy atom. The van der Waals surface area contributed by atoms with Gasteiger partial charge in [0.15, 0.2) is 17.5 Å². The van der Waals surface area contributed by atoms with E-state index in [0.29, 0.717) is 16.8 Å². The number of halogens is 4. The standard InChI is InChI=1S/C21H19ClF3N3O2/c1-10-8-11(2)28(19-12(10)6-7-15(22)27-19)14-9-13(16(23)18(25)17(14)24)26-20(29)30-21(3,4)5/h6-9H,1H2,2-5H3,(H,26,29). The second kappa shape index (κ2) is 7.68. The van der Waals surface area contributed by atoms with Gasteiger partial charge >= 0.3 is 6.09 Å². The molecule has 30 heavy (non-hydrogen) atoms. The monoisotopic (exact) mass is 437 g/mol.